The zero-order chi connectivity index (χ0) is 11.1. The molecule has 0 aliphatic rings. The lowest BCUT2D eigenvalue weighted by Crippen LogP contribution is -2.09. The number of aryl methyl sites for hydroxylation is 1. The molecule has 1 aromatic heterocycles. The molecule has 0 spiro atoms. The highest BCUT2D eigenvalue weighted by atomic mass is 16.1. The minimum Gasteiger partial charge on any atom is -0.310 e. The van der Waals surface area contributed by atoms with Gasteiger partial charge in [0.25, 0.3) is 5.56 Å². The minimum absolute atomic E-state index is 0.272. The van der Waals surface area contributed by atoms with Crippen LogP contribution in [0, 0.1) is 6.85 Å². The largest absolute Gasteiger partial charge is 0.310 e. The molecule has 3 nitrogen and oxygen atoms in total. The van der Waals surface area contributed by atoms with Crippen LogP contribution in [0.3, 0.4) is 0 Å². The molecule has 0 aliphatic carbocycles. The van der Waals surface area contributed by atoms with Crippen LogP contribution in [0.1, 0.15) is 9.94 Å². The van der Waals surface area contributed by atoms with Crippen molar-refractivity contribution in [2.75, 3.05) is 0 Å². The molecule has 1 N–H and O–H groups in total. The molecule has 60 valence electrons. The summed E-state index contributed by atoms with van der Waals surface area (Å²) >= 11 is 0. The zero-order valence-electron chi connectivity index (χ0n) is 9.16. The summed E-state index contributed by atoms with van der Waals surface area (Å²) in [7, 11) is 0. The van der Waals surface area contributed by atoms with Crippen molar-refractivity contribution in [3.05, 3.63) is 40.4 Å². The molecular formula is C9H8N2O. The van der Waals surface area contributed by atoms with Gasteiger partial charge in [-0.25, -0.2) is 4.98 Å². The Labute approximate surface area is 73.3 Å². The van der Waals surface area contributed by atoms with Gasteiger partial charge in [0, 0.05) is 4.11 Å². The van der Waals surface area contributed by atoms with Gasteiger partial charge in [-0.2, -0.15) is 0 Å². The number of H-pyrrole nitrogens is 1. The molecule has 0 radical (unpaired) electrons. The molecule has 0 saturated heterocycles. The number of fused-ring (bicyclic) bond motifs is 1. The van der Waals surface area contributed by atoms with Gasteiger partial charge in [-0.15, -0.1) is 0 Å². The number of rotatable bonds is 0. The number of nitrogens with one attached hydrogen (secondary N) is 1. The predicted octanol–water partition coefficient (Wildman–Crippen LogP) is 1.23. The summed E-state index contributed by atoms with van der Waals surface area (Å²) in [6, 6.07) is 6.62. The molecule has 0 unspecified atom stereocenters. The Morgan fingerprint density at radius 3 is 3.17 bits per heavy atom. The maximum Gasteiger partial charge on any atom is 0.258 e. The molecule has 0 atom stereocenters. The van der Waals surface area contributed by atoms with E-state index in [1.54, 1.807) is 24.3 Å². The smallest absolute Gasteiger partial charge is 0.258 e. The van der Waals surface area contributed by atoms with Crippen LogP contribution >= 0.6 is 0 Å². The monoisotopic (exact) mass is 163 g/mol. The van der Waals surface area contributed by atoms with Crippen molar-refractivity contribution >= 4 is 10.9 Å². The lowest BCUT2D eigenvalue weighted by molar-refractivity contribution is 1.06. The summed E-state index contributed by atoms with van der Waals surface area (Å²) in [5.74, 6) is -0.272. The average molecular weight is 163 g/mol. The van der Waals surface area contributed by atoms with Crippen molar-refractivity contribution in [1.29, 1.82) is 0 Å². The Morgan fingerprint density at radius 1 is 1.50 bits per heavy atom. The Bertz CT molecular complexity index is 559. The fourth-order valence-electron chi connectivity index (χ4n) is 1.09. The number of benzene rings is 1. The van der Waals surface area contributed by atoms with Gasteiger partial charge < -0.3 is 4.98 Å². The minimum atomic E-state index is -2.39. The van der Waals surface area contributed by atoms with Gasteiger partial charge in [-0.3, -0.25) is 4.79 Å². The molecule has 0 bridgehead atoms. The van der Waals surface area contributed by atoms with Crippen LogP contribution in [-0.2, 0) is 0 Å². The molecule has 0 amide bonds. The summed E-state index contributed by atoms with van der Waals surface area (Å²) in [6.07, 6.45) is 0. The maximum absolute atomic E-state index is 11.5. The fourth-order valence-corrected chi connectivity index (χ4v) is 1.09. The molecule has 12 heavy (non-hydrogen) atoms. The fraction of sp³-hybridized carbons (Fsp3) is 0.111. The Hall–Kier alpha value is -1.64. The van der Waals surface area contributed by atoms with Crippen LogP contribution in [0.2, 0.25) is 0 Å². The number of aromatic amines is 1. The lowest BCUT2D eigenvalue weighted by atomic mass is 10.2. The summed E-state index contributed by atoms with van der Waals surface area (Å²) in [6.45, 7) is -2.39. The van der Waals surface area contributed by atoms with E-state index in [2.05, 4.69) is 9.97 Å². The van der Waals surface area contributed by atoms with Crippen LogP contribution < -0.4 is 5.56 Å². The van der Waals surface area contributed by atoms with Crippen LogP contribution in [0.25, 0.3) is 10.9 Å². The second kappa shape index (κ2) is 2.44. The van der Waals surface area contributed by atoms with Gasteiger partial charge in [-0.1, -0.05) is 12.1 Å². The molecule has 0 aliphatic heterocycles. The second-order valence-electron chi connectivity index (χ2n) is 2.43. The first-order valence-electron chi connectivity index (χ1n) is 4.98. The van der Waals surface area contributed by atoms with Crippen molar-refractivity contribution in [3.8, 4) is 0 Å². The lowest BCUT2D eigenvalue weighted by Gasteiger charge is -1.95. The number of aromatic nitrogens is 2. The first-order valence-corrected chi connectivity index (χ1v) is 3.48. The van der Waals surface area contributed by atoms with E-state index in [9.17, 15) is 4.79 Å². The van der Waals surface area contributed by atoms with Gasteiger partial charge in [-0.05, 0) is 19.0 Å². The third kappa shape index (κ3) is 0.993. The molecule has 1 heterocycles. The molecule has 2 rings (SSSR count). The quantitative estimate of drug-likeness (QED) is 0.635. The summed E-state index contributed by atoms with van der Waals surface area (Å²) < 4.78 is 21.4. The van der Waals surface area contributed by atoms with Crippen molar-refractivity contribution in [2.45, 2.75) is 6.85 Å². The van der Waals surface area contributed by atoms with E-state index >= 15 is 0 Å². The highest BCUT2D eigenvalue weighted by Crippen LogP contribution is 2.04. The number of hydrogen-bond donors (Lipinski definition) is 1. The normalized spacial score (nSPS) is 15.2. The predicted molar refractivity (Wildman–Crippen MR) is 47.1 cm³/mol. The van der Waals surface area contributed by atoms with E-state index in [-0.39, 0.29) is 5.82 Å². The zero-order valence-corrected chi connectivity index (χ0v) is 6.16. The SMILES string of the molecule is [2H]C([2H])([2H])c1nc2ccccc2c(=O)[nH]1. The Kier molecular flexibility index (Phi) is 0.896. The average Bonchev–Trinajstić information content (AvgIpc) is 2.16. The summed E-state index contributed by atoms with van der Waals surface area (Å²) in [5, 5.41) is 0.394. The molecule has 1 aromatic carbocycles. The van der Waals surface area contributed by atoms with Crippen LogP contribution in [0.15, 0.2) is 29.1 Å². The van der Waals surface area contributed by atoms with E-state index in [1.807, 2.05) is 0 Å². The molecular weight excluding hydrogens is 152 g/mol. The van der Waals surface area contributed by atoms with Crippen LogP contribution in [0.4, 0.5) is 0 Å². The molecule has 0 saturated carbocycles. The molecule has 0 fully saturated rings. The van der Waals surface area contributed by atoms with Crippen LogP contribution in [-0.4, -0.2) is 9.97 Å². The highest BCUT2D eigenvalue weighted by Gasteiger charge is 1.97. The number of nitrogens with zero attached hydrogens (tertiary/aromatic N) is 1. The van der Waals surface area contributed by atoms with Crippen LogP contribution in [0.5, 0.6) is 0 Å². The van der Waals surface area contributed by atoms with E-state index in [0.29, 0.717) is 10.9 Å². The van der Waals surface area contributed by atoms with Crippen molar-refractivity contribution in [2.24, 2.45) is 0 Å². The van der Waals surface area contributed by atoms with Crippen molar-refractivity contribution < 1.29 is 4.11 Å². The second-order valence-corrected chi connectivity index (χ2v) is 2.43. The van der Waals surface area contributed by atoms with Gasteiger partial charge in [0.1, 0.15) is 5.82 Å². The summed E-state index contributed by atoms with van der Waals surface area (Å²) in [5.41, 5.74) is -0.0286. The maximum atomic E-state index is 11.5. The Balaban J connectivity index is 2.79. The van der Waals surface area contributed by atoms with Gasteiger partial charge in [0.15, 0.2) is 0 Å². The highest BCUT2D eigenvalue weighted by molar-refractivity contribution is 5.76. The van der Waals surface area contributed by atoms with Gasteiger partial charge in [0.2, 0.25) is 0 Å². The topological polar surface area (TPSA) is 45.8 Å². The third-order valence-corrected chi connectivity index (χ3v) is 1.61. The number of para-hydroxylation sites is 1. The first-order chi connectivity index (χ1) is 6.98. The molecule has 3 heteroatoms. The standard InChI is InChI=1S/C9H8N2O/c1-6-10-8-5-3-2-4-7(8)9(12)11-6/h2-5H,1H3,(H,10,11,12)/i1D3. The first kappa shape index (κ1) is 4.40. The number of hydrogen-bond acceptors (Lipinski definition) is 2. The molecule has 2 aromatic rings. The van der Waals surface area contributed by atoms with E-state index < -0.39 is 12.4 Å². The van der Waals surface area contributed by atoms with E-state index in [0.717, 1.165) is 0 Å². The van der Waals surface area contributed by atoms with E-state index in [4.69, 9.17) is 4.11 Å². The van der Waals surface area contributed by atoms with E-state index in [1.165, 1.54) is 0 Å². The van der Waals surface area contributed by atoms with Crippen molar-refractivity contribution in [1.82, 2.24) is 9.97 Å². The van der Waals surface area contributed by atoms with Gasteiger partial charge >= 0.3 is 0 Å². The Morgan fingerprint density at radius 2 is 2.33 bits per heavy atom. The van der Waals surface area contributed by atoms with Crippen molar-refractivity contribution in [3.63, 3.8) is 0 Å². The third-order valence-electron chi connectivity index (χ3n) is 1.61. The summed E-state index contributed by atoms with van der Waals surface area (Å²) in [4.78, 5) is 17.7. The van der Waals surface area contributed by atoms with Gasteiger partial charge in [0.05, 0.1) is 10.9 Å².